The molecule has 1 fully saturated rings. The zero-order chi connectivity index (χ0) is 15.7. The van der Waals surface area contributed by atoms with Crippen molar-refractivity contribution >= 4 is 17.5 Å². The van der Waals surface area contributed by atoms with Gasteiger partial charge in [0.2, 0.25) is 5.91 Å². The van der Waals surface area contributed by atoms with Crippen molar-refractivity contribution in [2.24, 2.45) is 5.92 Å². The third-order valence-electron chi connectivity index (χ3n) is 4.55. The largest absolute Gasteiger partial charge is 0.348 e. The highest BCUT2D eigenvalue weighted by atomic mass is 35.5. The summed E-state index contributed by atoms with van der Waals surface area (Å²) >= 11 is 6.03. The lowest BCUT2D eigenvalue weighted by atomic mass is 9.99. The van der Waals surface area contributed by atoms with E-state index in [1.54, 1.807) is 0 Å². The molecule has 1 saturated heterocycles. The molecule has 1 heterocycles. The minimum atomic E-state index is -0.139. The van der Waals surface area contributed by atoms with E-state index in [9.17, 15) is 4.79 Å². The zero-order valence-corrected chi connectivity index (χ0v) is 13.9. The summed E-state index contributed by atoms with van der Waals surface area (Å²) in [5.74, 6) is 0.721. The van der Waals surface area contributed by atoms with Crippen molar-refractivity contribution in [2.75, 3.05) is 0 Å². The van der Waals surface area contributed by atoms with E-state index in [1.807, 2.05) is 18.2 Å². The molecule has 1 aliphatic heterocycles. The highest BCUT2D eigenvalue weighted by Crippen LogP contribution is 2.33. The number of halogens is 1. The molecule has 0 bridgehead atoms. The van der Waals surface area contributed by atoms with Crippen LogP contribution in [0.3, 0.4) is 0 Å². The van der Waals surface area contributed by atoms with Gasteiger partial charge in [0, 0.05) is 11.1 Å². The minimum Gasteiger partial charge on any atom is -0.348 e. The van der Waals surface area contributed by atoms with E-state index in [-0.39, 0.29) is 18.0 Å². The van der Waals surface area contributed by atoms with E-state index >= 15 is 0 Å². The lowest BCUT2D eigenvalue weighted by Gasteiger charge is -2.17. The first-order valence-electron chi connectivity index (χ1n) is 8.12. The van der Waals surface area contributed by atoms with Gasteiger partial charge in [0.05, 0.1) is 6.04 Å². The molecular formula is C17H24ClN3O. The van der Waals surface area contributed by atoms with Crippen molar-refractivity contribution in [1.29, 1.82) is 0 Å². The van der Waals surface area contributed by atoms with E-state index in [0.717, 1.165) is 30.7 Å². The van der Waals surface area contributed by atoms with Gasteiger partial charge in [-0.1, -0.05) is 31.5 Å². The lowest BCUT2D eigenvalue weighted by molar-refractivity contribution is -0.123. The number of carbonyl (C=O) groups excluding carboxylic acids is 1. The normalized spacial score (nSPS) is 27.2. The number of aryl methyl sites for hydroxylation is 1. The Hall–Kier alpha value is -1.10. The number of fused-ring (bicyclic) bond motifs is 1. The van der Waals surface area contributed by atoms with Crippen LogP contribution < -0.4 is 16.2 Å². The summed E-state index contributed by atoms with van der Waals surface area (Å²) in [6, 6.07) is 6.31. The maximum atomic E-state index is 12.5. The van der Waals surface area contributed by atoms with Gasteiger partial charge < -0.3 is 5.32 Å². The molecule has 3 atom stereocenters. The molecule has 1 aromatic rings. The number of nitrogens with one attached hydrogen (secondary N) is 3. The maximum Gasteiger partial charge on any atom is 0.239 e. The molecule has 0 spiro atoms. The molecule has 0 radical (unpaired) electrons. The summed E-state index contributed by atoms with van der Waals surface area (Å²) < 4.78 is 0. The summed E-state index contributed by atoms with van der Waals surface area (Å²) in [6.07, 6.45) is 3.87. The Bertz CT molecular complexity index is 561. The Morgan fingerprint density at radius 1 is 1.41 bits per heavy atom. The van der Waals surface area contributed by atoms with Gasteiger partial charge in [-0.3, -0.25) is 10.2 Å². The van der Waals surface area contributed by atoms with Crippen molar-refractivity contribution in [3.8, 4) is 0 Å². The molecule has 3 unspecified atom stereocenters. The molecule has 3 N–H and O–H groups in total. The van der Waals surface area contributed by atoms with Gasteiger partial charge >= 0.3 is 0 Å². The number of hydrogen-bond acceptors (Lipinski definition) is 3. The summed E-state index contributed by atoms with van der Waals surface area (Å²) in [4.78, 5) is 12.5. The number of amides is 1. The van der Waals surface area contributed by atoms with Crippen molar-refractivity contribution < 1.29 is 4.79 Å². The molecule has 4 nitrogen and oxygen atoms in total. The second kappa shape index (κ2) is 6.57. The van der Waals surface area contributed by atoms with Gasteiger partial charge in [0.25, 0.3) is 0 Å². The standard InChI is InChI=1S/C17H24ClN3O/c1-10(2)7-13-9-16(21-20-13)17(22)19-15-6-3-11-8-12(18)4-5-14(11)15/h4-5,8,10,13,15-16,20-21H,3,6-7,9H2,1-2H3,(H,19,22). The second-order valence-electron chi connectivity index (χ2n) is 6.85. The van der Waals surface area contributed by atoms with Gasteiger partial charge in [-0.05, 0) is 54.9 Å². The molecule has 22 heavy (non-hydrogen) atoms. The summed E-state index contributed by atoms with van der Waals surface area (Å²) in [7, 11) is 0. The van der Waals surface area contributed by atoms with Crippen molar-refractivity contribution in [3.05, 3.63) is 34.3 Å². The predicted molar refractivity (Wildman–Crippen MR) is 88.6 cm³/mol. The Balaban J connectivity index is 1.58. The van der Waals surface area contributed by atoms with Crippen LogP contribution in [0.2, 0.25) is 5.02 Å². The van der Waals surface area contributed by atoms with Crippen molar-refractivity contribution in [2.45, 2.75) is 57.7 Å². The van der Waals surface area contributed by atoms with Crippen LogP contribution in [-0.4, -0.2) is 18.0 Å². The van der Waals surface area contributed by atoms with E-state index in [0.29, 0.717) is 12.0 Å². The van der Waals surface area contributed by atoms with Gasteiger partial charge in [0.1, 0.15) is 6.04 Å². The van der Waals surface area contributed by atoms with Crippen LogP contribution in [0.25, 0.3) is 0 Å². The van der Waals surface area contributed by atoms with Crippen LogP contribution >= 0.6 is 11.6 Å². The van der Waals surface area contributed by atoms with Crippen LogP contribution in [0.4, 0.5) is 0 Å². The van der Waals surface area contributed by atoms with Gasteiger partial charge in [-0.2, -0.15) is 0 Å². The van der Waals surface area contributed by atoms with E-state index in [4.69, 9.17) is 11.6 Å². The number of benzene rings is 1. The van der Waals surface area contributed by atoms with E-state index in [1.165, 1.54) is 11.1 Å². The molecule has 2 aliphatic rings. The Morgan fingerprint density at radius 3 is 3.00 bits per heavy atom. The molecule has 3 rings (SSSR count). The smallest absolute Gasteiger partial charge is 0.239 e. The third kappa shape index (κ3) is 3.45. The molecule has 120 valence electrons. The first-order valence-corrected chi connectivity index (χ1v) is 8.50. The van der Waals surface area contributed by atoms with Crippen molar-refractivity contribution in [3.63, 3.8) is 0 Å². The summed E-state index contributed by atoms with van der Waals surface area (Å²) in [5.41, 5.74) is 8.85. The number of carbonyl (C=O) groups is 1. The van der Waals surface area contributed by atoms with Crippen molar-refractivity contribution in [1.82, 2.24) is 16.2 Å². The summed E-state index contributed by atoms with van der Waals surface area (Å²) in [6.45, 7) is 4.41. The molecule has 0 saturated carbocycles. The number of hydrazine groups is 1. The second-order valence-corrected chi connectivity index (χ2v) is 7.28. The summed E-state index contributed by atoms with van der Waals surface area (Å²) in [5, 5.41) is 3.95. The van der Waals surface area contributed by atoms with Gasteiger partial charge in [-0.25, -0.2) is 5.43 Å². The fourth-order valence-corrected chi connectivity index (χ4v) is 3.72. The monoisotopic (exact) mass is 321 g/mol. The number of rotatable bonds is 4. The molecule has 5 heteroatoms. The lowest BCUT2D eigenvalue weighted by Crippen LogP contribution is -2.44. The average molecular weight is 322 g/mol. The van der Waals surface area contributed by atoms with Gasteiger partial charge in [-0.15, -0.1) is 0 Å². The topological polar surface area (TPSA) is 53.2 Å². The van der Waals surface area contributed by atoms with Crippen LogP contribution in [-0.2, 0) is 11.2 Å². The minimum absolute atomic E-state index is 0.0894. The van der Waals surface area contributed by atoms with E-state index in [2.05, 4.69) is 30.0 Å². The Labute approximate surface area is 137 Å². The molecular weight excluding hydrogens is 298 g/mol. The highest BCUT2D eigenvalue weighted by molar-refractivity contribution is 6.30. The van der Waals surface area contributed by atoms with Crippen LogP contribution in [0.5, 0.6) is 0 Å². The average Bonchev–Trinajstić information content (AvgIpc) is 3.05. The van der Waals surface area contributed by atoms with Crippen LogP contribution in [0.15, 0.2) is 18.2 Å². The predicted octanol–water partition coefficient (Wildman–Crippen LogP) is 2.72. The quantitative estimate of drug-likeness (QED) is 0.799. The van der Waals surface area contributed by atoms with E-state index < -0.39 is 0 Å². The molecule has 1 amide bonds. The Morgan fingerprint density at radius 2 is 2.23 bits per heavy atom. The fraction of sp³-hybridized carbons (Fsp3) is 0.588. The molecule has 0 aromatic heterocycles. The first kappa shape index (κ1) is 15.8. The maximum absolute atomic E-state index is 12.5. The van der Waals surface area contributed by atoms with Gasteiger partial charge in [0.15, 0.2) is 0 Å². The first-order chi connectivity index (χ1) is 10.5. The SMILES string of the molecule is CC(C)CC1CC(C(=O)NC2CCc3cc(Cl)ccc32)NN1. The zero-order valence-electron chi connectivity index (χ0n) is 13.2. The highest BCUT2D eigenvalue weighted by Gasteiger charge is 2.32. The Kier molecular flexibility index (Phi) is 4.71. The molecule has 1 aromatic carbocycles. The van der Waals surface area contributed by atoms with Crippen LogP contribution in [0, 0.1) is 5.92 Å². The third-order valence-corrected chi connectivity index (χ3v) is 4.79. The fourth-order valence-electron chi connectivity index (χ4n) is 3.53. The molecule has 1 aliphatic carbocycles. The number of hydrogen-bond donors (Lipinski definition) is 3. The van der Waals surface area contributed by atoms with Crippen LogP contribution in [0.1, 0.15) is 50.3 Å².